The lowest BCUT2D eigenvalue weighted by Crippen LogP contribution is -2.65. The molecule has 0 unspecified atom stereocenters. The average Bonchev–Trinajstić information content (AvgIpc) is 3.35. The number of benzene rings is 6. The first-order chi connectivity index (χ1) is 32.1. The van der Waals surface area contributed by atoms with Crippen LogP contribution in [0.2, 0.25) is 0 Å². The smallest absolute Gasteiger partial charge is 0.187 e. The van der Waals surface area contributed by atoms with E-state index < -0.39 is 61.4 Å². The molecule has 0 bridgehead atoms. The van der Waals surface area contributed by atoms with E-state index in [2.05, 4.69) is 0 Å². The van der Waals surface area contributed by atoms with Gasteiger partial charge < -0.3 is 52.8 Å². The molecule has 0 saturated carbocycles. The molecule has 10 atom stereocenters. The Morgan fingerprint density at radius 1 is 0.338 bits per heavy atom. The van der Waals surface area contributed by atoms with Gasteiger partial charge in [0.2, 0.25) is 0 Å². The topological polar surface area (TPSA) is 124 Å². The summed E-state index contributed by atoms with van der Waals surface area (Å²) in [5.74, 6) is 0. The Balaban J connectivity index is 1.09. The first kappa shape index (κ1) is 46.4. The van der Waals surface area contributed by atoms with Crippen molar-refractivity contribution in [2.45, 2.75) is 101 Å². The Bertz CT molecular complexity index is 2210. The summed E-state index contributed by atoms with van der Waals surface area (Å²) in [6.45, 7) is 1.60. The molecule has 65 heavy (non-hydrogen) atoms. The van der Waals surface area contributed by atoms with E-state index in [0.717, 1.165) is 33.4 Å². The minimum absolute atomic E-state index is 0.0768. The fourth-order valence-corrected chi connectivity index (χ4v) is 8.05. The van der Waals surface area contributed by atoms with Crippen LogP contribution in [0.5, 0.6) is 0 Å². The van der Waals surface area contributed by atoms with E-state index in [4.69, 9.17) is 42.6 Å². The molecule has 0 amide bonds. The van der Waals surface area contributed by atoms with E-state index in [1.165, 1.54) is 0 Å². The molecule has 340 valence electrons. The van der Waals surface area contributed by atoms with Crippen molar-refractivity contribution in [1.29, 1.82) is 0 Å². The predicted molar refractivity (Wildman–Crippen MR) is 243 cm³/mol. The van der Waals surface area contributed by atoms with Crippen LogP contribution in [-0.2, 0) is 82.3 Å². The molecule has 0 radical (unpaired) electrons. The molecule has 2 aliphatic heterocycles. The second-order valence-corrected chi connectivity index (χ2v) is 16.2. The standard InChI is InChI=1S/C54H58O11/c55-47-50(61-35-43-27-15-5-16-28-43)48(59-33-41-23-11-3-12-24-41)46(38-58-32-40-21-9-2-10-22-40)64-54(47)65-52-51(62-36-44-29-17-6-18-30-44)49(60-34-42-25-13-4-14-26-42)45(63-53(52)56)37-57-31-39-19-7-1-8-20-39/h1-30,45-56H,31-38H2/t45-,46-,47-,48-,49+,50-,51+,52-,53-,54+/m1/s1. The molecule has 2 heterocycles. The molecule has 11 heteroatoms. The van der Waals surface area contributed by atoms with Gasteiger partial charge in [-0.2, -0.15) is 0 Å². The SMILES string of the molecule is O[C@H]1[C@H](O[C@@H]2[C@@H](OCc3ccccc3)[C@@H](OCc3ccccc3)[C@@H](COCc3ccccc3)O[C@H]2O)O[C@H](COCc2ccccc2)[C@@H](OCc2ccccc2)[C@@H]1OCc1ccccc1. The second-order valence-electron chi connectivity index (χ2n) is 16.2. The fourth-order valence-electron chi connectivity index (χ4n) is 8.05. The molecular formula is C54H58O11. The summed E-state index contributed by atoms with van der Waals surface area (Å²) in [6, 6.07) is 58.7. The van der Waals surface area contributed by atoms with Crippen molar-refractivity contribution in [1.82, 2.24) is 0 Å². The monoisotopic (exact) mass is 882 g/mol. The highest BCUT2D eigenvalue weighted by Gasteiger charge is 2.53. The molecule has 0 aliphatic carbocycles. The van der Waals surface area contributed by atoms with Crippen molar-refractivity contribution in [2.75, 3.05) is 13.2 Å². The second kappa shape index (κ2) is 24.4. The highest BCUT2D eigenvalue weighted by molar-refractivity contribution is 5.18. The molecule has 0 spiro atoms. The molecule has 6 aromatic rings. The van der Waals surface area contributed by atoms with Gasteiger partial charge in [0.1, 0.15) is 48.8 Å². The lowest BCUT2D eigenvalue weighted by molar-refractivity contribution is -0.375. The zero-order valence-electron chi connectivity index (χ0n) is 36.3. The molecule has 2 aliphatic rings. The van der Waals surface area contributed by atoms with Crippen molar-refractivity contribution >= 4 is 0 Å². The van der Waals surface area contributed by atoms with Crippen LogP contribution < -0.4 is 0 Å². The lowest BCUT2D eigenvalue weighted by Gasteiger charge is -2.48. The van der Waals surface area contributed by atoms with Gasteiger partial charge in [-0.15, -0.1) is 0 Å². The van der Waals surface area contributed by atoms with Crippen LogP contribution in [0.3, 0.4) is 0 Å². The van der Waals surface area contributed by atoms with Crippen LogP contribution in [0.4, 0.5) is 0 Å². The Morgan fingerprint density at radius 2 is 0.646 bits per heavy atom. The van der Waals surface area contributed by atoms with E-state index in [0.29, 0.717) is 13.2 Å². The third-order valence-electron chi connectivity index (χ3n) is 11.4. The van der Waals surface area contributed by atoms with Gasteiger partial charge >= 0.3 is 0 Å². The molecule has 6 aromatic carbocycles. The Kier molecular flexibility index (Phi) is 17.4. The molecule has 2 N–H and O–H groups in total. The van der Waals surface area contributed by atoms with Gasteiger partial charge in [0.25, 0.3) is 0 Å². The first-order valence-corrected chi connectivity index (χ1v) is 22.3. The van der Waals surface area contributed by atoms with Crippen molar-refractivity contribution in [3.63, 3.8) is 0 Å². The molecule has 2 saturated heterocycles. The third kappa shape index (κ3) is 13.5. The maximum Gasteiger partial charge on any atom is 0.187 e. The van der Waals surface area contributed by atoms with Crippen LogP contribution >= 0.6 is 0 Å². The molecular weight excluding hydrogens is 825 g/mol. The van der Waals surface area contributed by atoms with E-state index in [1.807, 2.05) is 182 Å². The Hall–Kier alpha value is -5.12. The van der Waals surface area contributed by atoms with Gasteiger partial charge in [0.05, 0.1) is 52.9 Å². The lowest BCUT2D eigenvalue weighted by atomic mass is 9.96. The zero-order chi connectivity index (χ0) is 44.5. The quantitative estimate of drug-likeness (QED) is 0.0691. The summed E-state index contributed by atoms with van der Waals surface area (Å²) in [6.07, 6.45) is -10.6. The van der Waals surface area contributed by atoms with Crippen LogP contribution in [0, 0.1) is 0 Å². The average molecular weight is 883 g/mol. The van der Waals surface area contributed by atoms with Gasteiger partial charge in [0.15, 0.2) is 12.6 Å². The van der Waals surface area contributed by atoms with Gasteiger partial charge in [-0.3, -0.25) is 0 Å². The maximum atomic E-state index is 12.4. The first-order valence-electron chi connectivity index (χ1n) is 22.3. The fraction of sp³-hybridized carbons (Fsp3) is 0.333. The van der Waals surface area contributed by atoms with E-state index in [-0.39, 0.29) is 39.6 Å². The van der Waals surface area contributed by atoms with Crippen LogP contribution in [0.25, 0.3) is 0 Å². The highest BCUT2D eigenvalue weighted by atomic mass is 16.7. The van der Waals surface area contributed by atoms with E-state index in [9.17, 15) is 10.2 Å². The predicted octanol–water partition coefficient (Wildman–Crippen LogP) is 7.95. The number of hydrogen-bond donors (Lipinski definition) is 2. The number of aliphatic hydroxyl groups is 2. The number of rotatable bonds is 22. The number of ether oxygens (including phenoxy) is 9. The maximum absolute atomic E-state index is 12.4. The Labute approximate surface area is 381 Å². The van der Waals surface area contributed by atoms with E-state index >= 15 is 0 Å². The number of hydrogen-bond acceptors (Lipinski definition) is 11. The summed E-state index contributed by atoms with van der Waals surface area (Å²) < 4.78 is 59.0. The van der Waals surface area contributed by atoms with Gasteiger partial charge in [-0.1, -0.05) is 182 Å². The van der Waals surface area contributed by atoms with Gasteiger partial charge in [-0.05, 0) is 33.4 Å². The Morgan fingerprint density at radius 3 is 1.03 bits per heavy atom. The van der Waals surface area contributed by atoms with Gasteiger partial charge in [0, 0.05) is 0 Å². The summed E-state index contributed by atoms with van der Waals surface area (Å²) in [5, 5.41) is 24.4. The van der Waals surface area contributed by atoms with E-state index in [1.54, 1.807) is 0 Å². The molecule has 8 rings (SSSR count). The van der Waals surface area contributed by atoms with Crippen LogP contribution in [-0.4, -0.2) is 84.8 Å². The van der Waals surface area contributed by atoms with Crippen LogP contribution in [0.15, 0.2) is 182 Å². The van der Waals surface area contributed by atoms with Gasteiger partial charge in [-0.25, -0.2) is 0 Å². The highest BCUT2D eigenvalue weighted by Crippen LogP contribution is 2.35. The van der Waals surface area contributed by atoms with Crippen molar-refractivity contribution in [3.05, 3.63) is 215 Å². The largest absolute Gasteiger partial charge is 0.385 e. The summed E-state index contributed by atoms with van der Waals surface area (Å²) in [5.41, 5.74) is 5.67. The summed E-state index contributed by atoms with van der Waals surface area (Å²) >= 11 is 0. The van der Waals surface area contributed by atoms with Crippen LogP contribution in [0.1, 0.15) is 33.4 Å². The molecule has 11 nitrogen and oxygen atoms in total. The molecule has 2 fully saturated rings. The summed E-state index contributed by atoms with van der Waals surface area (Å²) in [4.78, 5) is 0. The molecule has 0 aromatic heterocycles. The zero-order valence-corrected chi connectivity index (χ0v) is 36.3. The van der Waals surface area contributed by atoms with Crippen molar-refractivity contribution < 1.29 is 52.8 Å². The minimum Gasteiger partial charge on any atom is -0.385 e. The van der Waals surface area contributed by atoms with Crippen molar-refractivity contribution in [3.8, 4) is 0 Å². The summed E-state index contributed by atoms with van der Waals surface area (Å²) in [7, 11) is 0. The van der Waals surface area contributed by atoms with Crippen molar-refractivity contribution in [2.24, 2.45) is 0 Å². The normalized spacial score (nSPS) is 25.6. The minimum atomic E-state index is -1.54. The number of aliphatic hydroxyl groups excluding tert-OH is 2. The third-order valence-corrected chi connectivity index (χ3v) is 11.4.